The first-order chi connectivity index (χ1) is 15.1. The fourth-order valence-corrected chi connectivity index (χ4v) is 3.33. The second-order valence-corrected chi connectivity index (χ2v) is 7.35. The van der Waals surface area contributed by atoms with Crippen molar-refractivity contribution in [3.05, 3.63) is 101 Å². The number of benzene rings is 3. The third-order valence-electron chi connectivity index (χ3n) is 4.61. The van der Waals surface area contributed by atoms with Gasteiger partial charge in [-0.3, -0.25) is 4.79 Å². The second-order valence-electron chi connectivity index (χ2n) is 6.94. The molecule has 1 aromatic heterocycles. The van der Waals surface area contributed by atoms with Crippen molar-refractivity contribution in [2.45, 2.75) is 13.5 Å². The SMILES string of the molecule is CC(=O)Oc1cccc(/C=C\c2ccc3cccc(OCc4ccccc4Cl)c3n2)c1. The van der Waals surface area contributed by atoms with Gasteiger partial charge in [-0.05, 0) is 42.0 Å². The Morgan fingerprint density at radius 3 is 2.65 bits per heavy atom. The van der Waals surface area contributed by atoms with Crippen LogP contribution in [0.3, 0.4) is 0 Å². The molecule has 5 heteroatoms. The lowest BCUT2D eigenvalue weighted by Gasteiger charge is -2.10. The van der Waals surface area contributed by atoms with Gasteiger partial charge in [0.05, 0.1) is 5.69 Å². The highest BCUT2D eigenvalue weighted by Gasteiger charge is 2.06. The summed E-state index contributed by atoms with van der Waals surface area (Å²) in [4.78, 5) is 15.9. The number of ether oxygens (including phenoxy) is 2. The van der Waals surface area contributed by atoms with Crippen LogP contribution in [0.4, 0.5) is 0 Å². The van der Waals surface area contributed by atoms with Gasteiger partial charge < -0.3 is 9.47 Å². The van der Waals surface area contributed by atoms with Gasteiger partial charge in [0.1, 0.15) is 23.6 Å². The normalized spacial score (nSPS) is 11.0. The lowest BCUT2D eigenvalue weighted by molar-refractivity contribution is -0.131. The van der Waals surface area contributed by atoms with Crippen LogP contribution in [0.2, 0.25) is 5.02 Å². The smallest absolute Gasteiger partial charge is 0.308 e. The molecule has 0 saturated heterocycles. The summed E-state index contributed by atoms with van der Waals surface area (Å²) in [5.74, 6) is 0.863. The minimum Gasteiger partial charge on any atom is -0.487 e. The van der Waals surface area contributed by atoms with Gasteiger partial charge in [-0.2, -0.15) is 0 Å². The first kappa shape index (κ1) is 20.6. The van der Waals surface area contributed by atoms with Crippen molar-refractivity contribution in [2.24, 2.45) is 0 Å². The number of nitrogens with zero attached hydrogens (tertiary/aromatic N) is 1. The van der Waals surface area contributed by atoms with E-state index in [1.165, 1.54) is 6.92 Å². The van der Waals surface area contributed by atoms with Crippen molar-refractivity contribution in [3.8, 4) is 11.5 Å². The average Bonchev–Trinajstić information content (AvgIpc) is 2.77. The summed E-state index contributed by atoms with van der Waals surface area (Å²) in [7, 11) is 0. The number of halogens is 1. The van der Waals surface area contributed by atoms with E-state index < -0.39 is 0 Å². The van der Waals surface area contributed by atoms with E-state index in [2.05, 4.69) is 0 Å². The van der Waals surface area contributed by atoms with Gasteiger partial charge in [0, 0.05) is 22.9 Å². The molecule has 0 unspecified atom stereocenters. The van der Waals surface area contributed by atoms with Crippen LogP contribution in [0.25, 0.3) is 23.1 Å². The lowest BCUT2D eigenvalue weighted by atomic mass is 10.1. The molecule has 4 nitrogen and oxygen atoms in total. The average molecular weight is 430 g/mol. The number of aromatic nitrogens is 1. The van der Waals surface area contributed by atoms with E-state index in [0.717, 1.165) is 27.7 Å². The second kappa shape index (κ2) is 9.45. The Hall–Kier alpha value is -3.63. The van der Waals surface area contributed by atoms with E-state index in [0.29, 0.717) is 23.1 Å². The molecule has 154 valence electrons. The van der Waals surface area contributed by atoms with Gasteiger partial charge in [0.2, 0.25) is 0 Å². The summed E-state index contributed by atoms with van der Waals surface area (Å²) in [6, 6.07) is 24.8. The minimum atomic E-state index is -0.346. The summed E-state index contributed by atoms with van der Waals surface area (Å²) < 4.78 is 11.2. The first-order valence-corrected chi connectivity index (χ1v) is 10.2. The zero-order valence-corrected chi connectivity index (χ0v) is 17.7. The predicted octanol–water partition coefficient (Wildman–Crippen LogP) is 6.56. The molecule has 1 heterocycles. The van der Waals surface area contributed by atoms with Gasteiger partial charge in [-0.25, -0.2) is 4.98 Å². The van der Waals surface area contributed by atoms with Crippen LogP contribution >= 0.6 is 11.6 Å². The van der Waals surface area contributed by atoms with Gasteiger partial charge in [0.15, 0.2) is 0 Å². The molecule has 0 fully saturated rings. The molecule has 0 aliphatic heterocycles. The number of hydrogen-bond acceptors (Lipinski definition) is 4. The van der Waals surface area contributed by atoms with Gasteiger partial charge in [0.25, 0.3) is 0 Å². The van der Waals surface area contributed by atoms with Crippen LogP contribution in [-0.2, 0) is 11.4 Å². The molecule has 0 atom stereocenters. The predicted molar refractivity (Wildman–Crippen MR) is 124 cm³/mol. The molecule has 0 bridgehead atoms. The molecule has 0 N–H and O–H groups in total. The van der Waals surface area contributed by atoms with Crippen LogP contribution in [0.1, 0.15) is 23.7 Å². The fourth-order valence-electron chi connectivity index (χ4n) is 3.14. The summed E-state index contributed by atoms with van der Waals surface area (Å²) >= 11 is 6.24. The van der Waals surface area contributed by atoms with Crippen LogP contribution in [-0.4, -0.2) is 11.0 Å². The molecular weight excluding hydrogens is 410 g/mol. The first-order valence-electron chi connectivity index (χ1n) is 9.81. The number of rotatable bonds is 6. The van der Waals surface area contributed by atoms with Gasteiger partial charge >= 0.3 is 5.97 Å². The fraction of sp³-hybridized carbons (Fsp3) is 0.0769. The monoisotopic (exact) mass is 429 g/mol. The van der Waals surface area contributed by atoms with Crippen LogP contribution in [0.15, 0.2) is 78.9 Å². The van der Waals surface area contributed by atoms with E-state index >= 15 is 0 Å². The highest BCUT2D eigenvalue weighted by atomic mass is 35.5. The van der Waals surface area contributed by atoms with E-state index in [-0.39, 0.29) is 5.97 Å². The van der Waals surface area contributed by atoms with Crippen molar-refractivity contribution in [1.82, 2.24) is 4.98 Å². The Kier molecular flexibility index (Phi) is 6.29. The number of esters is 1. The number of carbonyl (C=O) groups excluding carboxylic acids is 1. The molecule has 3 aromatic carbocycles. The van der Waals surface area contributed by atoms with Crippen LogP contribution in [0.5, 0.6) is 11.5 Å². The summed E-state index contributed by atoms with van der Waals surface area (Å²) in [5.41, 5.74) is 3.40. The van der Waals surface area contributed by atoms with E-state index in [1.54, 1.807) is 12.1 Å². The standard InChI is InChI=1S/C26H20ClNO3/c1-18(29)31-23-9-4-6-19(16-23)12-14-22-15-13-20-8-5-11-25(26(20)28-22)30-17-21-7-2-3-10-24(21)27/h2-16H,17H2,1H3/b14-12-. The quantitative estimate of drug-likeness (QED) is 0.257. The summed E-state index contributed by atoms with van der Waals surface area (Å²) in [6.07, 6.45) is 3.84. The molecule has 0 spiro atoms. The Morgan fingerprint density at radius 2 is 1.81 bits per heavy atom. The Morgan fingerprint density at radius 1 is 0.968 bits per heavy atom. The topological polar surface area (TPSA) is 48.4 Å². The summed E-state index contributed by atoms with van der Waals surface area (Å²) in [5, 5.41) is 1.67. The number of pyridine rings is 1. The van der Waals surface area contributed by atoms with Crippen molar-refractivity contribution in [3.63, 3.8) is 0 Å². The van der Waals surface area contributed by atoms with E-state index in [4.69, 9.17) is 26.1 Å². The van der Waals surface area contributed by atoms with E-state index in [1.807, 2.05) is 78.9 Å². The van der Waals surface area contributed by atoms with Crippen LogP contribution in [0, 0.1) is 0 Å². The highest BCUT2D eigenvalue weighted by Crippen LogP contribution is 2.26. The third kappa shape index (κ3) is 5.30. The molecule has 0 radical (unpaired) electrons. The zero-order valence-electron chi connectivity index (χ0n) is 16.9. The molecule has 0 aliphatic carbocycles. The maximum atomic E-state index is 11.2. The Balaban J connectivity index is 1.57. The number of hydrogen-bond donors (Lipinski definition) is 0. The lowest BCUT2D eigenvalue weighted by Crippen LogP contribution is -2.00. The van der Waals surface area contributed by atoms with Crippen molar-refractivity contribution < 1.29 is 14.3 Å². The maximum Gasteiger partial charge on any atom is 0.308 e. The molecular formula is C26H20ClNO3. The Labute approximate surface area is 185 Å². The molecule has 0 saturated carbocycles. The summed E-state index contributed by atoms with van der Waals surface area (Å²) in [6.45, 7) is 1.75. The molecule has 0 amide bonds. The highest BCUT2D eigenvalue weighted by molar-refractivity contribution is 6.31. The molecule has 31 heavy (non-hydrogen) atoms. The number of para-hydroxylation sites is 1. The molecule has 0 aliphatic rings. The maximum absolute atomic E-state index is 11.2. The van der Waals surface area contributed by atoms with Gasteiger partial charge in [-0.1, -0.05) is 66.2 Å². The van der Waals surface area contributed by atoms with Crippen LogP contribution < -0.4 is 9.47 Å². The Bertz CT molecular complexity index is 1270. The molecule has 4 aromatic rings. The number of fused-ring (bicyclic) bond motifs is 1. The number of carbonyl (C=O) groups is 1. The van der Waals surface area contributed by atoms with Gasteiger partial charge in [-0.15, -0.1) is 0 Å². The van der Waals surface area contributed by atoms with Crippen molar-refractivity contribution in [2.75, 3.05) is 0 Å². The third-order valence-corrected chi connectivity index (χ3v) is 4.98. The largest absolute Gasteiger partial charge is 0.487 e. The van der Waals surface area contributed by atoms with E-state index in [9.17, 15) is 4.79 Å². The van der Waals surface area contributed by atoms with Crippen molar-refractivity contribution in [1.29, 1.82) is 0 Å². The minimum absolute atomic E-state index is 0.346. The molecule has 4 rings (SSSR count). The van der Waals surface area contributed by atoms with Crippen molar-refractivity contribution >= 4 is 40.6 Å². The zero-order chi connectivity index (χ0) is 21.6.